The minimum absolute atomic E-state index is 0.0352. The zero-order valence-corrected chi connectivity index (χ0v) is 15.1. The number of carbonyl (C=O) groups is 1. The van der Waals surface area contributed by atoms with Crippen LogP contribution < -0.4 is 15.7 Å². The van der Waals surface area contributed by atoms with Crippen LogP contribution in [0, 0.1) is 0 Å². The first-order valence-corrected chi connectivity index (χ1v) is 8.50. The summed E-state index contributed by atoms with van der Waals surface area (Å²) in [5.74, 6) is -0.940. The Labute approximate surface area is 162 Å². The van der Waals surface area contributed by atoms with Crippen molar-refractivity contribution in [3.05, 3.63) is 63.0 Å². The summed E-state index contributed by atoms with van der Waals surface area (Å²) >= 11 is 0. The summed E-state index contributed by atoms with van der Waals surface area (Å²) < 4.78 is 42.0. The van der Waals surface area contributed by atoms with E-state index in [-0.39, 0.29) is 12.2 Å². The Bertz CT molecular complexity index is 954. The first-order chi connectivity index (χ1) is 13.8. The van der Waals surface area contributed by atoms with Crippen LogP contribution in [0.25, 0.3) is 10.4 Å². The van der Waals surface area contributed by atoms with Crippen molar-refractivity contribution in [2.45, 2.75) is 32.2 Å². The van der Waals surface area contributed by atoms with Crippen molar-refractivity contribution in [1.82, 2.24) is 9.55 Å². The highest BCUT2D eigenvalue weighted by Gasteiger charge is 2.31. The maximum Gasteiger partial charge on any atom is 0.573 e. The van der Waals surface area contributed by atoms with Crippen LogP contribution in [0.5, 0.6) is 5.75 Å². The van der Waals surface area contributed by atoms with Gasteiger partial charge in [0.15, 0.2) is 0 Å². The number of benzene rings is 1. The highest BCUT2D eigenvalue weighted by atomic mass is 19.4. The van der Waals surface area contributed by atoms with Gasteiger partial charge < -0.3 is 10.1 Å². The van der Waals surface area contributed by atoms with E-state index in [9.17, 15) is 22.8 Å². The smallest absolute Gasteiger partial charge is 0.406 e. The molecule has 0 bridgehead atoms. The van der Waals surface area contributed by atoms with Crippen LogP contribution in [0.3, 0.4) is 0 Å². The normalized spacial score (nSPS) is 10.9. The molecule has 0 spiro atoms. The molecule has 1 aromatic carbocycles. The zero-order valence-electron chi connectivity index (χ0n) is 15.1. The van der Waals surface area contributed by atoms with Crippen LogP contribution in [0.2, 0.25) is 0 Å². The summed E-state index contributed by atoms with van der Waals surface area (Å²) in [5.41, 5.74) is 7.93. The molecule has 29 heavy (non-hydrogen) atoms. The predicted octanol–water partition coefficient (Wildman–Crippen LogP) is 3.41. The van der Waals surface area contributed by atoms with Gasteiger partial charge >= 0.3 is 12.1 Å². The second-order valence-corrected chi connectivity index (χ2v) is 5.87. The summed E-state index contributed by atoms with van der Waals surface area (Å²) in [6.45, 7) is 0.717. The van der Waals surface area contributed by atoms with Crippen LogP contribution in [0.1, 0.15) is 18.4 Å². The molecule has 2 aromatic rings. The number of unbranched alkanes of at least 4 members (excludes halogenated alkanes) is 1. The molecule has 0 fully saturated rings. The lowest BCUT2D eigenvalue weighted by Gasteiger charge is -2.10. The van der Waals surface area contributed by atoms with Crippen molar-refractivity contribution < 1.29 is 22.7 Å². The number of halogens is 3. The Kier molecular flexibility index (Phi) is 7.61. The fourth-order valence-electron chi connectivity index (χ4n) is 2.40. The van der Waals surface area contributed by atoms with E-state index in [1.54, 1.807) is 0 Å². The lowest BCUT2D eigenvalue weighted by molar-refractivity contribution is -0.274. The molecule has 0 radical (unpaired) electrons. The van der Waals surface area contributed by atoms with Gasteiger partial charge in [0.25, 0.3) is 0 Å². The van der Waals surface area contributed by atoms with Gasteiger partial charge in [0.05, 0.1) is 6.42 Å². The van der Waals surface area contributed by atoms with Gasteiger partial charge in [-0.1, -0.05) is 17.2 Å². The molecule has 1 aromatic heterocycles. The van der Waals surface area contributed by atoms with E-state index in [2.05, 4.69) is 25.1 Å². The molecule has 0 aliphatic heterocycles. The predicted molar refractivity (Wildman–Crippen MR) is 97.2 cm³/mol. The first kappa shape index (κ1) is 21.8. The van der Waals surface area contributed by atoms with E-state index in [0.717, 1.165) is 12.1 Å². The van der Waals surface area contributed by atoms with E-state index in [0.29, 0.717) is 31.5 Å². The van der Waals surface area contributed by atoms with Crippen LogP contribution in [0.15, 0.2) is 46.4 Å². The van der Waals surface area contributed by atoms with Crippen LogP contribution in [0.4, 0.5) is 19.0 Å². The molecular formula is C17H17F3N6O3. The van der Waals surface area contributed by atoms with Crippen LogP contribution in [-0.2, 0) is 17.8 Å². The summed E-state index contributed by atoms with van der Waals surface area (Å²) in [6, 6.07) is 6.49. The van der Waals surface area contributed by atoms with Gasteiger partial charge in [0.1, 0.15) is 11.6 Å². The maximum absolute atomic E-state index is 12.3. The van der Waals surface area contributed by atoms with Crippen molar-refractivity contribution in [2.75, 3.05) is 11.9 Å². The number of alkyl halides is 3. The monoisotopic (exact) mass is 410 g/mol. The Balaban J connectivity index is 1.92. The van der Waals surface area contributed by atoms with Gasteiger partial charge in [-0.05, 0) is 42.1 Å². The number of carbonyl (C=O) groups excluding carboxylic acids is 1. The molecule has 2 rings (SSSR count). The number of ether oxygens (including phenoxy) is 1. The summed E-state index contributed by atoms with van der Waals surface area (Å²) in [4.78, 5) is 30.4. The number of nitrogens with zero attached hydrogens (tertiary/aromatic N) is 5. The van der Waals surface area contributed by atoms with Crippen molar-refractivity contribution in [3.63, 3.8) is 0 Å². The van der Waals surface area contributed by atoms with E-state index >= 15 is 0 Å². The van der Waals surface area contributed by atoms with E-state index in [1.165, 1.54) is 29.0 Å². The minimum atomic E-state index is -4.82. The van der Waals surface area contributed by atoms with Gasteiger partial charge in [-0.25, -0.2) is 4.79 Å². The van der Waals surface area contributed by atoms with E-state index in [1.807, 2.05) is 0 Å². The molecule has 154 valence electrons. The SMILES string of the molecule is [N-]=[N+]=NCCCCn1ccc(NC(=O)Cc2cccc(OC(F)(F)F)c2)nc1=O. The summed E-state index contributed by atoms with van der Waals surface area (Å²) in [5, 5.41) is 5.82. The van der Waals surface area contributed by atoms with E-state index in [4.69, 9.17) is 5.53 Å². The van der Waals surface area contributed by atoms with Gasteiger partial charge in [-0.2, -0.15) is 4.98 Å². The average molecular weight is 410 g/mol. The molecule has 0 aliphatic carbocycles. The Morgan fingerprint density at radius 2 is 2.10 bits per heavy atom. The third-order valence-corrected chi connectivity index (χ3v) is 3.61. The fourth-order valence-corrected chi connectivity index (χ4v) is 2.40. The topological polar surface area (TPSA) is 122 Å². The van der Waals surface area contributed by atoms with Crippen molar-refractivity contribution >= 4 is 11.7 Å². The number of azide groups is 1. The highest BCUT2D eigenvalue weighted by molar-refractivity contribution is 5.91. The number of nitrogens with one attached hydrogen (secondary N) is 1. The Morgan fingerprint density at radius 1 is 1.31 bits per heavy atom. The van der Waals surface area contributed by atoms with Crippen molar-refractivity contribution in [2.24, 2.45) is 5.11 Å². The molecule has 0 atom stereocenters. The highest BCUT2D eigenvalue weighted by Crippen LogP contribution is 2.23. The molecule has 0 saturated carbocycles. The third kappa shape index (κ3) is 7.93. The molecule has 0 aliphatic rings. The Morgan fingerprint density at radius 3 is 2.79 bits per heavy atom. The Hall–Kier alpha value is -3.53. The standard InChI is InChI=1S/C17H17F3N6O3/c18-17(19,20)29-13-5-3-4-12(10-13)11-15(27)23-14-6-9-26(16(28)24-14)8-2-1-7-22-25-21/h3-6,9-10H,1-2,7-8,11H2,(H,23,24,27,28). The number of anilines is 1. The van der Waals surface area contributed by atoms with E-state index < -0.39 is 23.7 Å². The van der Waals surface area contributed by atoms with Crippen LogP contribution >= 0.6 is 0 Å². The van der Waals surface area contributed by atoms with Crippen LogP contribution in [-0.4, -0.2) is 28.4 Å². The van der Waals surface area contributed by atoms with Gasteiger partial charge in [0, 0.05) is 24.2 Å². The average Bonchev–Trinajstić information content (AvgIpc) is 2.62. The molecule has 12 heteroatoms. The quantitative estimate of drug-likeness (QED) is 0.295. The number of hydrogen-bond acceptors (Lipinski definition) is 5. The molecule has 1 amide bonds. The number of amides is 1. The largest absolute Gasteiger partial charge is 0.573 e. The second-order valence-electron chi connectivity index (χ2n) is 5.87. The zero-order chi connectivity index (χ0) is 21.3. The minimum Gasteiger partial charge on any atom is -0.406 e. The molecule has 1 heterocycles. The number of aromatic nitrogens is 2. The van der Waals surface area contributed by atoms with Gasteiger partial charge in [-0.3, -0.25) is 9.36 Å². The molecular weight excluding hydrogens is 393 g/mol. The third-order valence-electron chi connectivity index (χ3n) is 3.61. The number of aryl methyl sites for hydroxylation is 1. The summed E-state index contributed by atoms with van der Waals surface area (Å²) in [6.07, 6.45) is -2.35. The van der Waals surface area contributed by atoms with Gasteiger partial charge in [0.2, 0.25) is 5.91 Å². The van der Waals surface area contributed by atoms with Crippen molar-refractivity contribution in [3.8, 4) is 5.75 Å². The molecule has 0 unspecified atom stereocenters. The number of hydrogen-bond donors (Lipinski definition) is 1. The lowest BCUT2D eigenvalue weighted by atomic mass is 10.1. The fraction of sp³-hybridized carbons (Fsp3) is 0.353. The lowest BCUT2D eigenvalue weighted by Crippen LogP contribution is -2.25. The molecule has 0 saturated heterocycles. The molecule has 9 nitrogen and oxygen atoms in total. The maximum atomic E-state index is 12.3. The molecule has 1 N–H and O–H groups in total. The first-order valence-electron chi connectivity index (χ1n) is 8.50. The van der Waals surface area contributed by atoms with Crippen molar-refractivity contribution in [1.29, 1.82) is 0 Å². The summed E-state index contributed by atoms with van der Waals surface area (Å²) in [7, 11) is 0. The van der Waals surface area contributed by atoms with Gasteiger partial charge in [-0.15, -0.1) is 13.2 Å². The second kappa shape index (κ2) is 10.1. The number of rotatable bonds is 9.